The fourth-order valence-electron chi connectivity index (χ4n) is 3.76. The van der Waals surface area contributed by atoms with Crippen molar-refractivity contribution in [3.8, 4) is 0 Å². The van der Waals surface area contributed by atoms with Gasteiger partial charge in [0.25, 0.3) is 0 Å². The molecular weight excluding hydrogens is 282 g/mol. The van der Waals surface area contributed by atoms with Crippen LogP contribution in [0.15, 0.2) is 60.7 Å². The van der Waals surface area contributed by atoms with E-state index in [4.69, 9.17) is 0 Å². The van der Waals surface area contributed by atoms with Gasteiger partial charge in [0.1, 0.15) is 0 Å². The fourth-order valence-corrected chi connectivity index (χ4v) is 3.76. The Hall–Kier alpha value is -2.09. The smallest absolute Gasteiger partial charge is 0.222 e. The molecule has 0 unspecified atom stereocenters. The first kappa shape index (κ1) is 15.8. The molecule has 1 saturated heterocycles. The average molecular weight is 307 g/mol. The summed E-state index contributed by atoms with van der Waals surface area (Å²) in [5.41, 5.74) is 2.78. The lowest BCUT2D eigenvalue weighted by Gasteiger charge is -2.36. The maximum absolute atomic E-state index is 11.9. The first-order chi connectivity index (χ1) is 11.3. The van der Waals surface area contributed by atoms with Crippen molar-refractivity contribution in [3.63, 3.8) is 0 Å². The fraction of sp³-hybridized carbons (Fsp3) is 0.381. The normalized spacial score (nSPS) is 15.8. The molecule has 0 atom stereocenters. The quantitative estimate of drug-likeness (QED) is 0.816. The molecule has 120 valence electrons. The van der Waals surface area contributed by atoms with Crippen LogP contribution >= 0.6 is 0 Å². The second-order valence-corrected chi connectivity index (χ2v) is 6.37. The van der Waals surface area contributed by atoms with Gasteiger partial charge < -0.3 is 4.90 Å². The number of benzene rings is 2. The molecular formula is C21H25NO. The van der Waals surface area contributed by atoms with Crippen LogP contribution in [-0.2, 0) is 4.79 Å². The highest BCUT2D eigenvalue weighted by Gasteiger charge is 2.29. The Balaban J connectivity index is 1.82. The third-order valence-corrected chi connectivity index (χ3v) is 4.98. The maximum Gasteiger partial charge on any atom is 0.222 e. The zero-order chi connectivity index (χ0) is 16.1. The van der Waals surface area contributed by atoms with Gasteiger partial charge in [-0.05, 0) is 29.9 Å². The van der Waals surface area contributed by atoms with Crippen LogP contribution in [0.3, 0.4) is 0 Å². The van der Waals surface area contributed by atoms with E-state index in [0.29, 0.717) is 24.2 Å². The zero-order valence-electron chi connectivity index (χ0n) is 13.8. The monoisotopic (exact) mass is 307 g/mol. The van der Waals surface area contributed by atoms with Crippen LogP contribution in [0.2, 0.25) is 0 Å². The molecule has 1 aliphatic rings. The van der Waals surface area contributed by atoms with Crippen molar-refractivity contribution in [3.05, 3.63) is 71.8 Å². The largest absolute Gasteiger partial charge is 0.343 e. The minimum absolute atomic E-state index is 0.291. The first-order valence-electron chi connectivity index (χ1n) is 8.67. The van der Waals surface area contributed by atoms with Gasteiger partial charge in [0.2, 0.25) is 5.91 Å². The highest BCUT2D eigenvalue weighted by Crippen LogP contribution is 2.37. The minimum Gasteiger partial charge on any atom is -0.343 e. The SMILES string of the molecule is CCC(=O)N1CCC(C(c2ccccc2)c2ccccc2)CC1. The number of hydrogen-bond donors (Lipinski definition) is 0. The summed E-state index contributed by atoms with van der Waals surface area (Å²) in [4.78, 5) is 13.9. The standard InChI is InChI=1S/C21H25NO/c1-2-20(23)22-15-13-19(14-16-22)21(17-9-5-3-6-10-17)18-11-7-4-8-12-18/h3-12,19,21H,2,13-16H2,1H3. The van der Waals surface area contributed by atoms with E-state index in [0.717, 1.165) is 25.9 Å². The first-order valence-corrected chi connectivity index (χ1v) is 8.67. The van der Waals surface area contributed by atoms with E-state index in [1.807, 2.05) is 11.8 Å². The molecule has 0 aromatic heterocycles. The number of carbonyl (C=O) groups excluding carboxylic acids is 1. The van der Waals surface area contributed by atoms with Crippen LogP contribution in [0, 0.1) is 5.92 Å². The molecule has 0 spiro atoms. The molecule has 1 amide bonds. The maximum atomic E-state index is 11.9. The summed E-state index contributed by atoms with van der Waals surface area (Å²) in [6.45, 7) is 3.74. The van der Waals surface area contributed by atoms with Crippen LogP contribution in [0.25, 0.3) is 0 Å². The van der Waals surface area contributed by atoms with E-state index in [1.165, 1.54) is 11.1 Å². The molecule has 0 saturated carbocycles. The predicted molar refractivity (Wildman–Crippen MR) is 94.3 cm³/mol. The van der Waals surface area contributed by atoms with E-state index in [9.17, 15) is 4.79 Å². The van der Waals surface area contributed by atoms with Crippen molar-refractivity contribution < 1.29 is 4.79 Å². The third-order valence-electron chi connectivity index (χ3n) is 4.98. The van der Waals surface area contributed by atoms with Gasteiger partial charge in [0.15, 0.2) is 0 Å². The number of likely N-dealkylation sites (tertiary alicyclic amines) is 1. The topological polar surface area (TPSA) is 20.3 Å². The van der Waals surface area contributed by atoms with Gasteiger partial charge in [-0.2, -0.15) is 0 Å². The van der Waals surface area contributed by atoms with E-state index in [-0.39, 0.29) is 0 Å². The van der Waals surface area contributed by atoms with Crippen LogP contribution in [0.1, 0.15) is 43.2 Å². The molecule has 1 fully saturated rings. The number of amides is 1. The third kappa shape index (κ3) is 3.64. The van der Waals surface area contributed by atoms with E-state index >= 15 is 0 Å². The van der Waals surface area contributed by atoms with Crippen LogP contribution < -0.4 is 0 Å². The molecule has 2 aromatic rings. The van der Waals surface area contributed by atoms with Gasteiger partial charge in [0.05, 0.1) is 0 Å². The molecule has 0 bridgehead atoms. The lowest BCUT2D eigenvalue weighted by Crippen LogP contribution is -2.39. The van der Waals surface area contributed by atoms with Crippen molar-refractivity contribution in [1.82, 2.24) is 4.90 Å². The van der Waals surface area contributed by atoms with Gasteiger partial charge >= 0.3 is 0 Å². The van der Waals surface area contributed by atoms with Crippen molar-refractivity contribution in [2.45, 2.75) is 32.1 Å². The number of carbonyl (C=O) groups is 1. The Morgan fingerprint density at radius 1 is 0.957 bits per heavy atom. The average Bonchev–Trinajstić information content (AvgIpc) is 2.64. The Kier molecular flexibility index (Phi) is 5.12. The summed E-state index contributed by atoms with van der Waals surface area (Å²) in [6, 6.07) is 21.6. The molecule has 2 nitrogen and oxygen atoms in total. The van der Waals surface area contributed by atoms with Gasteiger partial charge in [-0.1, -0.05) is 67.6 Å². The summed E-state index contributed by atoms with van der Waals surface area (Å²) in [5.74, 6) is 1.32. The Morgan fingerprint density at radius 3 is 1.87 bits per heavy atom. The van der Waals surface area contributed by atoms with Crippen molar-refractivity contribution in [2.75, 3.05) is 13.1 Å². The summed E-state index contributed by atoms with van der Waals surface area (Å²) in [6.07, 6.45) is 2.78. The van der Waals surface area contributed by atoms with Crippen molar-refractivity contribution in [2.24, 2.45) is 5.92 Å². The lowest BCUT2D eigenvalue weighted by molar-refractivity contribution is -0.132. The molecule has 0 N–H and O–H groups in total. The van der Waals surface area contributed by atoms with Gasteiger partial charge in [0, 0.05) is 25.4 Å². The molecule has 0 radical (unpaired) electrons. The van der Waals surface area contributed by atoms with Gasteiger partial charge in [-0.15, -0.1) is 0 Å². The highest BCUT2D eigenvalue weighted by atomic mass is 16.2. The number of piperidine rings is 1. The van der Waals surface area contributed by atoms with Crippen LogP contribution in [0.4, 0.5) is 0 Å². The number of hydrogen-bond acceptors (Lipinski definition) is 1. The van der Waals surface area contributed by atoms with Crippen LogP contribution in [0.5, 0.6) is 0 Å². The number of rotatable bonds is 4. The molecule has 1 aliphatic heterocycles. The molecule has 2 heteroatoms. The van der Waals surface area contributed by atoms with Crippen molar-refractivity contribution in [1.29, 1.82) is 0 Å². The molecule has 23 heavy (non-hydrogen) atoms. The second kappa shape index (κ2) is 7.45. The minimum atomic E-state index is 0.291. The molecule has 1 heterocycles. The Bertz CT molecular complexity index is 575. The Labute approximate surface area is 139 Å². The summed E-state index contributed by atoms with van der Waals surface area (Å²) in [7, 11) is 0. The number of nitrogens with zero attached hydrogens (tertiary/aromatic N) is 1. The van der Waals surface area contributed by atoms with Crippen molar-refractivity contribution >= 4 is 5.91 Å². The Morgan fingerprint density at radius 2 is 1.43 bits per heavy atom. The van der Waals surface area contributed by atoms with E-state index < -0.39 is 0 Å². The second-order valence-electron chi connectivity index (χ2n) is 6.37. The molecule has 0 aliphatic carbocycles. The predicted octanol–water partition coefficient (Wildman–Crippen LogP) is 4.47. The summed E-state index contributed by atoms with van der Waals surface area (Å²) < 4.78 is 0. The van der Waals surface area contributed by atoms with Gasteiger partial charge in [-0.25, -0.2) is 0 Å². The summed E-state index contributed by atoms with van der Waals surface area (Å²) >= 11 is 0. The van der Waals surface area contributed by atoms with Gasteiger partial charge in [-0.3, -0.25) is 4.79 Å². The summed E-state index contributed by atoms with van der Waals surface area (Å²) in [5, 5.41) is 0. The molecule has 2 aromatic carbocycles. The van der Waals surface area contributed by atoms with E-state index in [1.54, 1.807) is 0 Å². The van der Waals surface area contributed by atoms with Crippen LogP contribution in [-0.4, -0.2) is 23.9 Å². The molecule has 3 rings (SSSR count). The van der Waals surface area contributed by atoms with E-state index in [2.05, 4.69) is 60.7 Å². The zero-order valence-corrected chi connectivity index (χ0v) is 13.8. The highest BCUT2D eigenvalue weighted by molar-refractivity contribution is 5.75. The lowest BCUT2D eigenvalue weighted by atomic mass is 9.76.